The number of ether oxygens (including phenoxy) is 2. The van der Waals surface area contributed by atoms with Crippen LogP contribution in [0, 0.1) is 23.2 Å². The molecule has 298 valence electrons. The minimum atomic E-state index is -1.24. The van der Waals surface area contributed by atoms with Crippen LogP contribution in [0.1, 0.15) is 138 Å². The molecule has 2 saturated carbocycles. The number of fused-ring (bicyclic) bond motifs is 9. The summed E-state index contributed by atoms with van der Waals surface area (Å²) in [4.78, 5) is 31.6. The molecule has 1 aromatic heterocycles. The summed E-state index contributed by atoms with van der Waals surface area (Å²) in [7, 11) is 0. The van der Waals surface area contributed by atoms with Crippen LogP contribution in [0.2, 0.25) is 0 Å². The molecule has 4 aliphatic carbocycles. The predicted molar refractivity (Wildman–Crippen MR) is 221 cm³/mol. The fourth-order valence-corrected chi connectivity index (χ4v) is 11.4. The fourth-order valence-electron chi connectivity index (χ4n) is 10.4. The number of aliphatic hydroxyl groups is 2. The Labute approximate surface area is 332 Å². The maximum absolute atomic E-state index is 14.7. The van der Waals surface area contributed by atoms with Crippen molar-refractivity contribution in [2.24, 2.45) is 23.2 Å². The number of carbonyl (C=O) groups excluding carboxylic acids is 2. The molecule has 2 N–H and O–H groups in total. The second kappa shape index (κ2) is 16.8. The van der Waals surface area contributed by atoms with E-state index in [4.69, 9.17) is 9.47 Å². The molecule has 8 atom stereocenters. The Bertz CT molecular complexity index is 1830. The minimum Gasteiger partial charge on any atom is -0.446 e. The van der Waals surface area contributed by atoms with Crippen molar-refractivity contribution in [2.45, 2.75) is 141 Å². The highest BCUT2D eigenvalue weighted by Gasteiger charge is 2.58. The van der Waals surface area contributed by atoms with E-state index in [-0.39, 0.29) is 36.5 Å². The van der Waals surface area contributed by atoms with E-state index in [0.29, 0.717) is 73.5 Å². The Morgan fingerprint density at radius 2 is 1.87 bits per heavy atom. The molecule has 1 amide bonds. The first-order valence-electron chi connectivity index (χ1n) is 21.1. The van der Waals surface area contributed by atoms with Crippen molar-refractivity contribution in [1.29, 1.82) is 0 Å². The van der Waals surface area contributed by atoms with Crippen LogP contribution in [-0.4, -0.2) is 70.6 Å². The minimum absolute atomic E-state index is 0.0156. The van der Waals surface area contributed by atoms with Crippen molar-refractivity contribution >= 4 is 33.3 Å². The van der Waals surface area contributed by atoms with Crippen LogP contribution in [0.4, 0.5) is 4.79 Å². The van der Waals surface area contributed by atoms with Gasteiger partial charge >= 0.3 is 6.09 Å². The molecular weight excluding hydrogens is 707 g/mol. The summed E-state index contributed by atoms with van der Waals surface area (Å²) in [6.07, 6.45) is 10.6. The molecule has 3 aromatic rings. The quantitative estimate of drug-likeness (QED) is 0.175. The zero-order valence-corrected chi connectivity index (χ0v) is 34.5. The monoisotopic (exact) mass is 769 g/mol. The Balaban J connectivity index is 1.26. The van der Waals surface area contributed by atoms with Gasteiger partial charge in [0, 0.05) is 22.3 Å². The molecule has 8 heteroatoms. The van der Waals surface area contributed by atoms with Crippen LogP contribution >= 0.6 is 11.3 Å². The first-order valence-corrected chi connectivity index (χ1v) is 21.9. The van der Waals surface area contributed by atoms with Gasteiger partial charge in [0.1, 0.15) is 6.10 Å². The Kier molecular flexibility index (Phi) is 12.3. The molecule has 5 aliphatic rings. The van der Waals surface area contributed by atoms with Gasteiger partial charge in [0.25, 0.3) is 0 Å². The number of allylic oxidation sites excluding steroid dienone is 2. The molecule has 2 bridgehead atoms. The standard InChI is InChI=1S/C47H63NO6S/c1-30(2)37-18-15-32(4)24-41(37)54-45(51)48(28-36-12-9-23-53-36)29-47(52)22-20-40-38-19-16-33(25-35(49)17-14-31(3)10-8-21-46(40,47)5)26-39(38)44(50)43-27-34-11-6-7-13-42(34)55-43/h6-7,10-11,13,16,19,26-27,30,32,35-37,40-41,49,52H,8-9,12,14-15,17-18,20-25,28-29H2,1-5H3/t32-,35-,36+,37+,40-,41-,46-,47+/m0/s1. The van der Waals surface area contributed by atoms with Crippen molar-refractivity contribution < 1.29 is 29.3 Å². The molecule has 2 heterocycles. The van der Waals surface area contributed by atoms with E-state index >= 15 is 0 Å². The highest BCUT2D eigenvalue weighted by molar-refractivity contribution is 7.21. The van der Waals surface area contributed by atoms with Crippen LogP contribution in [0.25, 0.3) is 10.1 Å². The summed E-state index contributed by atoms with van der Waals surface area (Å²) in [5.41, 5.74) is 1.87. The van der Waals surface area contributed by atoms with Crippen LogP contribution in [0.3, 0.4) is 0 Å². The van der Waals surface area contributed by atoms with Crippen molar-refractivity contribution in [3.05, 3.63) is 81.7 Å². The Hall–Kier alpha value is -3.04. The average Bonchev–Trinajstić information content (AvgIpc) is 3.89. The third-order valence-corrected chi connectivity index (χ3v) is 15.1. The van der Waals surface area contributed by atoms with Crippen molar-refractivity contribution in [3.63, 3.8) is 0 Å². The highest BCUT2D eigenvalue weighted by atomic mass is 32.1. The number of carbonyl (C=O) groups is 2. The van der Waals surface area contributed by atoms with Crippen molar-refractivity contribution in [2.75, 3.05) is 19.7 Å². The molecular formula is C47H63NO6S. The molecule has 3 fully saturated rings. The SMILES string of the molecule is CC1=CCC[C@@]2(C)[C@@H](CC[C@@]2(O)CN(C[C@H]2CCCO2)C(=O)O[C@H]2C[C@@H](C)CC[C@@H]2C(C)C)c2ccc(cc2C(=O)c2cc3ccccc3s2)C[C@@H](O)CC1. The third-order valence-electron chi connectivity index (χ3n) is 13.9. The molecule has 0 spiro atoms. The van der Waals surface area contributed by atoms with E-state index in [2.05, 4.69) is 58.9 Å². The number of benzene rings is 2. The zero-order chi connectivity index (χ0) is 38.9. The number of hydrogen-bond acceptors (Lipinski definition) is 7. The predicted octanol–water partition coefficient (Wildman–Crippen LogP) is 10.2. The second-order valence-electron chi connectivity index (χ2n) is 18.2. The van der Waals surface area contributed by atoms with Gasteiger partial charge in [0.15, 0.2) is 0 Å². The topological polar surface area (TPSA) is 96.3 Å². The van der Waals surface area contributed by atoms with Crippen LogP contribution < -0.4 is 0 Å². The molecule has 2 aromatic carbocycles. The number of amides is 1. The van der Waals surface area contributed by atoms with Gasteiger partial charge < -0.3 is 24.6 Å². The Morgan fingerprint density at radius 3 is 2.64 bits per heavy atom. The number of ketones is 1. The van der Waals surface area contributed by atoms with Crippen LogP contribution in [0.15, 0.2) is 60.2 Å². The number of rotatable bonds is 8. The third kappa shape index (κ3) is 8.63. The number of aliphatic hydroxyl groups excluding tert-OH is 1. The molecule has 1 saturated heterocycles. The van der Waals surface area contributed by atoms with Crippen molar-refractivity contribution in [1.82, 2.24) is 4.90 Å². The van der Waals surface area contributed by atoms with E-state index in [1.807, 2.05) is 30.3 Å². The molecule has 8 rings (SSSR count). The normalized spacial score (nSPS) is 31.6. The van der Waals surface area contributed by atoms with Crippen LogP contribution in [-0.2, 0) is 15.9 Å². The van der Waals surface area contributed by atoms with Gasteiger partial charge in [-0.1, -0.05) is 76.1 Å². The molecule has 7 nitrogen and oxygen atoms in total. The number of thiophene rings is 1. The fraction of sp³-hybridized carbons (Fsp3) is 0.617. The first kappa shape index (κ1) is 40.2. The average molecular weight is 770 g/mol. The second-order valence-corrected chi connectivity index (χ2v) is 19.3. The summed E-state index contributed by atoms with van der Waals surface area (Å²) in [5.74, 6) is 1.08. The molecule has 0 radical (unpaired) electrons. The smallest absolute Gasteiger partial charge is 0.410 e. The maximum Gasteiger partial charge on any atom is 0.410 e. The zero-order valence-electron chi connectivity index (χ0n) is 33.7. The van der Waals surface area contributed by atoms with Gasteiger partial charge in [-0.05, 0) is 136 Å². The van der Waals surface area contributed by atoms with Gasteiger partial charge in [-0.3, -0.25) is 4.79 Å². The lowest BCUT2D eigenvalue weighted by atomic mass is 9.64. The number of nitrogens with zero attached hydrogens (tertiary/aromatic N) is 1. The summed E-state index contributed by atoms with van der Waals surface area (Å²) >= 11 is 1.52. The van der Waals surface area contributed by atoms with Gasteiger partial charge in [0.05, 0.1) is 35.8 Å². The lowest BCUT2D eigenvalue weighted by molar-refractivity contribution is -0.0908. The maximum atomic E-state index is 14.7. The van der Waals surface area contributed by atoms with E-state index in [9.17, 15) is 19.8 Å². The van der Waals surface area contributed by atoms with E-state index < -0.39 is 17.1 Å². The summed E-state index contributed by atoms with van der Waals surface area (Å²) in [6, 6.07) is 16.3. The summed E-state index contributed by atoms with van der Waals surface area (Å²) < 4.78 is 13.6. The first-order chi connectivity index (χ1) is 26.3. The molecule has 1 aliphatic heterocycles. The van der Waals surface area contributed by atoms with E-state index in [1.54, 1.807) is 4.90 Å². The van der Waals surface area contributed by atoms with Gasteiger partial charge in [-0.15, -0.1) is 11.3 Å². The van der Waals surface area contributed by atoms with Gasteiger partial charge in [0.2, 0.25) is 5.78 Å². The van der Waals surface area contributed by atoms with Gasteiger partial charge in [-0.2, -0.15) is 0 Å². The highest BCUT2D eigenvalue weighted by Crippen LogP contribution is 2.59. The lowest BCUT2D eigenvalue weighted by Crippen LogP contribution is -2.55. The molecule has 0 unspecified atom stereocenters. The largest absolute Gasteiger partial charge is 0.446 e. The molecule has 55 heavy (non-hydrogen) atoms. The summed E-state index contributed by atoms with van der Waals surface area (Å²) in [6.45, 7) is 12.3. The summed E-state index contributed by atoms with van der Waals surface area (Å²) in [5, 5.41) is 25.3. The number of hydrogen-bond donors (Lipinski definition) is 2. The van der Waals surface area contributed by atoms with E-state index in [1.165, 1.54) is 16.9 Å². The van der Waals surface area contributed by atoms with Crippen molar-refractivity contribution in [3.8, 4) is 0 Å². The van der Waals surface area contributed by atoms with Gasteiger partial charge in [-0.25, -0.2) is 4.79 Å². The lowest BCUT2D eigenvalue weighted by Gasteiger charge is -2.46. The van der Waals surface area contributed by atoms with Crippen LogP contribution in [0.5, 0.6) is 0 Å². The Morgan fingerprint density at radius 1 is 1.05 bits per heavy atom. The van der Waals surface area contributed by atoms with E-state index in [0.717, 1.165) is 66.2 Å².